The highest BCUT2D eigenvalue weighted by Gasteiger charge is 2.33. The van der Waals surface area contributed by atoms with Crippen molar-refractivity contribution in [2.45, 2.75) is 71.6 Å². The molecule has 1 amide bonds. The minimum atomic E-state index is -0.357. The van der Waals surface area contributed by atoms with E-state index in [9.17, 15) is 4.79 Å². The van der Waals surface area contributed by atoms with Crippen molar-refractivity contribution >= 4 is 22.8 Å². The van der Waals surface area contributed by atoms with Gasteiger partial charge in [0.25, 0.3) is 0 Å². The number of nitrogens with one attached hydrogen (secondary N) is 3. The Morgan fingerprint density at radius 3 is 2.67 bits per heavy atom. The van der Waals surface area contributed by atoms with Crippen LogP contribution in [0.1, 0.15) is 58.1 Å². The van der Waals surface area contributed by atoms with Crippen LogP contribution in [0.15, 0.2) is 24.3 Å². The quantitative estimate of drug-likeness (QED) is 0.618. The van der Waals surface area contributed by atoms with E-state index >= 15 is 0 Å². The van der Waals surface area contributed by atoms with Gasteiger partial charge in [-0.15, -0.1) is 0 Å². The molecular weight excluding hydrogens is 338 g/mol. The molecule has 0 bridgehead atoms. The van der Waals surface area contributed by atoms with Gasteiger partial charge in [-0.1, -0.05) is 57.2 Å². The number of fused-ring (bicyclic) bond motifs is 1. The first-order valence-electron chi connectivity index (χ1n) is 10.1. The van der Waals surface area contributed by atoms with Gasteiger partial charge in [0.15, 0.2) is 6.29 Å². The van der Waals surface area contributed by atoms with Crippen molar-refractivity contribution in [2.24, 2.45) is 5.92 Å². The fourth-order valence-corrected chi connectivity index (χ4v) is 3.75. The lowest BCUT2D eigenvalue weighted by Crippen LogP contribution is -2.63. The third-order valence-electron chi connectivity index (χ3n) is 5.34. The summed E-state index contributed by atoms with van der Waals surface area (Å²) in [5.41, 5.74) is 1.82. The maximum absolute atomic E-state index is 12.6. The van der Waals surface area contributed by atoms with Crippen molar-refractivity contribution in [3.8, 4) is 0 Å². The largest absolute Gasteiger partial charge is 0.323 e. The Bertz CT molecular complexity index is 778. The van der Waals surface area contributed by atoms with Gasteiger partial charge in [0, 0.05) is 11.4 Å². The van der Waals surface area contributed by atoms with E-state index in [-0.39, 0.29) is 24.2 Å². The molecule has 27 heavy (non-hydrogen) atoms. The van der Waals surface area contributed by atoms with Gasteiger partial charge in [-0.3, -0.25) is 10.1 Å². The minimum Gasteiger partial charge on any atom is -0.323 e. The summed E-state index contributed by atoms with van der Waals surface area (Å²) in [6.45, 7) is 6.27. The Morgan fingerprint density at radius 2 is 1.89 bits per heavy atom. The molecule has 3 unspecified atom stereocenters. The number of anilines is 1. The van der Waals surface area contributed by atoms with Gasteiger partial charge < -0.3 is 10.6 Å². The fraction of sp³-hybridized carbons (Fsp3) is 0.571. The summed E-state index contributed by atoms with van der Waals surface area (Å²) in [7, 11) is 0. The number of hydrogen-bond acceptors (Lipinski definition) is 5. The number of carbonyl (C=O) groups is 1. The Kier molecular flexibility index (Phi) is 6.61. The third-order valence-corrected chi connectivity index (χ3v) is 5.34. The number of amides is 1. The predicted molar refractivity (Wildman–Crippen MR) is 109 cm³/mol. The van der Waals surface area contributed by atoms with Gasteiger partial charge in [-0.2, -0.15) is 0 Å². The molecule has 6 nitrogen and oxygen atoms in total. The average molecular weight is 370 g/mol. The van der Waals surface area contributed by atoms with Crippen LogP contribution in [-0.2, 0) is 4.79 Å². The number of para-hydroxylation sites is 1. The Labute approximate surface area is 161 Å². The summed E-state index contributed by atoms with van der Waals surface area (Å²) in [6.07, 6.45) is 6.67. The number of aromatic nitrogens is 2. The Morgan fingerprint density at radius 1 is 1.11 bits per heavy atom. The zero-order chi connectivity index (χ0) is 19.2. The summed E-state index contributed by atoms with van der Waals surface area (Å²) in [4.78, 5) is 21.7. The van der Waals surface area contributed by atoms with E-state index in [0.29, 0.717) is 5.95 Å². The van der Waals surface area contributed by atoms with Crippen molar-refractivity contribution in [3.63, 3.8) is 0 Å². The first-order chi connectivity index (χ1) is 13.1. The van der Waals surface area contributed by atoms with E-state index in [1.54, 1.807) is 0 Å². The summed E-state index contributed by atoms with van der Waals surface area (Å²) < 4.78 is 0. The summed E-state index contributed by atoms with van der Waals surface area (Å²) in [5.74, 6) is 0.643. The molecule has 3 atom stereocenters. The molecular formula is C21H31N5O. The van der Waals surface area contributed by atoms with Crippen LogP contribution < -0.4 is 16.0 Å². The molecule has 1 aromatic carbocycles. The van der Waals surface area contributed by atoms with Crippen LogP contribution in [0.25, 0.3) is 10.9 Å². The van der Waals surface area contributed by atoms with Crippen molar-refractivity contribution in [1.29, 1.82) is 0 Å². The first kappa shape index (κ1) is 19.5. The number of benzene rings is 1. The highest BCUT2D eigenvalue weighted by Crippen LogP contribution is 2.20. The SMILES string of the molecule is CCCCCCCC1C(=O)NC(Nc2nc(C)c3ccccc3n2)NC1C. The number of carbonyl (C=O) groups excluding carboxylic acids is 1. The molecule has 1 aromatic heterocycles. The fourth-order valence-electron chi connectivity index (χ4n) is 3.75. The monoisotopic (exact) mass is 369 g/mol. The van der Waals surface area contributed by atoms with Crippen LogP contribution in [0, 0.1) is 12.8 Å². The van der Waals surface area contributed by atoms with Crippen LogP contribution in [0.5, 0.6) is 0 Å². The topological polar surface area (TPSA) is 78.9 Å². The molecule has 0 radical (unpaired) electrons. The first-order valence-corrected chi connectivity index (χ1v) is 10.1. The number of rotatable bonds is 8. The molecule has 1 aliphatic heterocycles. The van der Waals surface area contributed by atoms with E-state index in [2.05, 4.69) is 39.8 Å². The van der Waals surface area contributed by atoms with Gasteiger partial charge >= 0.3 is 0 Å². The molecule has 146 valence electrons. The highest BCUT2D eigenvalue weighted by molar-refractivity contribution is 5.82. The van der Waals surface area contributed by atoms with Crippen molar-refractivity contribution in [1.82, 2.24) is 20.6 Å². The van der Waals surface area contributed by atoms with E-state index < -0.39 is 0 Å². The van der Waals surface area contributed by atoms with Crippen LogP contribution in [0.4, 0.5) is 5.95 Å². The molecule has 3 N–H and O–H groups in total. The second-order valence-electron chi connectivity index (χ2n) is 7.50. The summed E-state index contributed by atoms with van der Waals surface area (Å²) in [5, 5.41) is 10.7. The lowest BCUT2D eigenvalue weighted by molar-refractivity contribution is -0.129. The van der Waals surface area contributed by atoms with Crippen LogP contribution in [-0.4, -0.2) is 28.2 Å². The van der Waals surface area contributed by atoms with Crippen molar-refractivity contribution in [3.05, 3.63) is 30.0 Å². The number of hydrogen-bond donors (Lipinski definition) is 3. The Hall–Kier alpha value is -2.21. The molecule has 1 saturated heterocycles. The van der Waals surface area contributed by atoms with E-state index in [0.717, 1.165) is 29.4 Å². The molecule has 6 heteroatoms. The molecule has 0 aliphatic carbocycles. The molecule has 0 spiro atoms. The van der Waals surface area contributed by atoms with E-state index in [4.69, 9.17) is 0 Å². The third kappa shape index (κ3) is 4.95. The molecule has 1 aliphatic rings. The van der Waals surface area contributed by atoms with Crippen molar-refractivity contribution in [2.75, 3.05) is 5.32 Å². The second-order valence-corrected chi connectivity index (χ2v) is 7.50. The Balaban J connectivity index is 1.58. The molecule has 0 saturated carbocycles. The van der Waals surface area contributed by atoms with Gasteiger partial charge in [0.05, 0.1) is 17.1 Å². The molecule has 1 fully saturated rings. The van der Waals surface area contributed by atoms with Gasteiger partial charge in [0.2, 0.25) is 11.9 Å². The number of unbranched alkanes of at least 4 members (excludes halogenated alkanes) is 4. The van der Waals surface area contributed by atoms with Gasteiger partial charge in [-0.25, -0.2) is 9.97 Å². The predicted octanol–water partition coefficient (Wildman–Crippen LogP) is 3.72. The zero-order valence-corrected chi connectivity index (χ0v) is 16.6. The maximum Gasteiger partial charge on any atom is 0.227 e. The minimum absolute atomic E-state index is 0.0175. The standard InChI is InChI=1S/C21H31N5O/c1-4-5-6-7-8-12-17-15(3)23-21(25-19(17)27)26-20-22-14(2)16-11-9-10-13-18(16)24-20/h9-11,13,15,17,21,23H,4-8,12H2,1-3H3,(H,25,27)(H,22,24,26). The highest BCUT2D eigenvalue weighted by atomic mass is 16.2. The summed E-state index contributed by atoms with van der Waals surface area (Å²) >= 11 is 0. The van der Waals surface area contributed by atoms with E-state index in [1.807, 2.05) is 31.2 Å². The average Bonchev–Trinajstić information content (AvgIpc) is 2.63. The molecule has 2 aromatic rings. The second kappa shape index (κ2) is 9.13. The summed E-state index contributed by atoms with van der Waals surface area (Å²) in [6, 6.07) is 8.05. The lowest BCUT2D eigenvalue weighted by Gasteiger charge is -2.36. The number of aryl methyl sites for hydroxylation is 1. The normalized spacial score (nSPS) is 22.6. The number of nitrogens with zero attached hydrogens (tertiary/aromatic N) is 2. The van der Waals surface area contributed by atoms with Gasteiger partial charge in [0.1, 0.15) is 0 Å². The van der Waals surface area contributed by atoms with Crippen LogP contribution >= 0.6 is 0 Å². The molecule has 2 heterocycles. The van der Waals surface area contributed by atoms with Crippen LogP contribution in [0.3, 0.4) is 0 Å². The zero-order valence-electron chi connectivity index (χ0n) is 16.6. The lowest BCUT2D eigenvalue weighted by atomic mass is 9.91. The van der Waals surface area contributed by atoms with Gasteiger partial charge in [-0.05, 0) is 26.3 Å². The molecule has 3 rings (SSSR count). The smallest absolute Gasteiger partial charge is 0.227 e. The maximum atomic E-state index is 12.6. The van der Waals surface area contributed by atoms with Crippen LogP contribution in [0.2, 0.25) is 0 Å². The van der Waals surface area contributed by atoms with E-state index in [1.165, 1.54) is 25.7 Å². The van der Waals surface area contributed by atoms with Crippen molar-refractivity contribution < 1.29 is 4.79 Å².